The minimum Gasteiger partial charge on any atom is -0.373 e. The van der Waals surface area contributed by atoms with Crippen molar-refractivity contribution < 1.29 is 4.74 Å². The van der Waals surface area contributed by atoms with E-state index in [1.165, 1.54) is 0 Å². The van der Waals surface area contributed by atoms with Crippen molar-refractivity contribution >= 4 is 5.82 Å². The second kappa shape index (κ2) is 6.81. The number of ether oxygens (including phenoxy) is 1. The Morgan fingerprint density at radius 1 is 1.36 bits per heavy atom. The SMILES string of the molecule is CNc1cc([C@H]2CN(Cc3ccccn3)CCO2)nc(C)n1. The van der Waals surface area contributed by atoms with Gasteiger partial charge < -0.3 is 10.1 Å². The first-order valence-electron chi connectivity index (χ1n) is 7.52. The first-order valence-corrected chi connectivity index (χ1v) is 7.52. The fourth-order valence-corrected chi connectivity index (χ4v) is 2.63. The van der Waals surface area contributed by atoms with Crippen LogP contribution in [0.2, 0.25) is 0 Å². The van der Waals surface area contributed by atoms with E-state index in [0.29, 0.717) is 6.61 Å². The van der Waals surface area contributed by atoms with Crippen molar-refractivity contribution in [1.82, 2.24) is 19.9 Å². The molecule has 0 aliphatic carbocycles. The summed E-state index contributed by atoms with van der Waals surface area (Å²) >= 11 is 0. The van der Waals surface area contributed by atoms with Crippen LogP contribution in [0.1, 0.15) is 23.3 Å². The molecule has 3 heterocycles. The van der Waals surface area contributed by atoms with Gasteiger partial charge in [-0.1, -0.05) is 6.07 Å². The summed E-state index contributed by atoms with van der Waals surface area (Å²) in [5.74, 6) is 1.58. The number of nitrogens with zero attached hydrogens (tertiary/aromatic N) is 4. The van der Waals surface area contributed by atoms with Crippen molar-refractivity contribution in [3.63, 3.8) is 0 Å². The van der Waals surface area contributed by atoms with Crippen LogP contribution in [0, 0.1) is 6.92 Å². The lowest BCUT2D eigenvalue weighted by atomic mass is 10.2. The summed E-state index contributed by atoms with van der Waals surface area (Å²) in [6.45, 7) is 5.17. The monoisotopic (exact) mass is 299 g/mol. The molecule has 1 fully saturated rings. The Morgan fingerprint density at radius 3 is 3.05 bits per heavy atom. The molecule has 1 N–H and O–H groups in total. The number of hydrogen-bond donors (Lipinski definition) is 1. The molecule has 0 unspecified atom stereocenters. The molecule has 1 atom stereocenters. The predicted octanol–water partition coefficient (Wildman–Crippen LogP) is 1.80. The van der Waals surface area contributed by atoms with E-state index in [1.54, 1.807) is 0 Å². The van der Waals surface area contributed by atoms with Crippen LogP contribution in [-0.2, 0) is 11.3 Å². The van der Waals surface area contributed by atoms with Gasteiger partial charge in [0.05, 0.1) is 18.0 Å². The highest BCUT2D eigenvalue weighted by molar-refractivity contribution is 5.35. The lowest BCUT2D eigenvalue weighted by Crippen LogP contribution is -2.38. The van der Waals surface area contributed by atoms with Gasteiger partial charge in [-0.25, -0.2) is 9.97 Å². The smallest absolute Gasteiger partial charge is 0.129 e. The molecule has 116 valence electrons. The van der Waals surface area contributed by atoms with Crippen molar-refractivity contribution in [3.8, 4) is 0 Å². The molecule has 0 spiro atoms. The summed E-state index contributed by atoms with van der Waals surface area (Å²) in [6, 6.07) is 7.97. The number of hydrogen-bond acceptors (Lipinski definition) is 6. The summed E-state index contributed by atoms with van der Waals surface area (Å²) in [5.41, 5.74) is 2.01. The van der Waals surface area contributed by atoms with E-state index in [0.717, 1.165) is 42.7 Å². The topological polar surface area (TPSA) is 63.2 Å². The largest absolute Gasteiger partial charge is 0.373 e. The molecular formula is C16H21N5O. The normalized spacial score (nSPS) is 19.1. The highest BCUT2D eigenvalue weighted by Crippen LogP contribution is 2.23. The van der Waals surface area contributed by atoms with Gasteiger partial charge >= 0.3 is 0 Å². The molecule has 2 aromatic heterocycles. The number of anilines is 1. The highest BCUT2D eigenvalue weighted by Gasteiger charge is 2.24. The number of nitrogens with one attached hydrogen (secondary N) is 1. The molecule has 1 aliphatic heterocycles. The summed E-state index contributed by atoms with van der Waals surface area (Å²) in [4.78, 5) is 15.6. The van der Waals surface area contributed by atoms with E-state index in [-0.39, 0.29) is 6.10 Å². The number of pyridine rings is 1. The van der Waals surface area contributed by atoms with Gasteiger partial charge in [-0.3, -0.25) is 9.88 Å². The van der Waals surface area contributed by atoms with Crippen LogP contribution in [0.15, 0.2) is 30.5 Å². The minimum atomic E-state index is -0.0220. The lowest BCUT2D eigenvalue weighted by Gasteiger charge is -2.32. The van der Waals surface area contributed by atoms with Gasteiger partial charge in [0.25, 0.3) is 0 Å². The second-order valence-electron chi connectivity index (χ2n) is 5.39. The van der Waals surface area contributed by atoms with Crippen LogP contribution in [0.25, 0.3) is 0 Å². The van der Waals surface area contributed by atoms with Crippen molar-refractivity contribution in [2.75, 3.05) is 32.1 Å². The van der Waals surface area contributed by atoms with Crippen molar-refractivity contribution in [2.24, 2.45) is 0 Å². The van der Waals surface area contributed by atoms with Gasteiger partial charge in [-0.15, -0.1) is 0 Å². The maximum atomic E-state index is 5.91. The maximum Gasteiger partial charge on any atom is 0.129 e. The quantitative estimate of drug-likeness (QED) is 0.929. The third kappa shape index (κ3) is 3.58. The third-order valence-corrected chi connectivity index (χ3v) is 3.71. The Hall–Kier alpha value is -2.05. The average molecular weight is 299 g/mol. The molecule has 2 aromatic rings. The second-order valence-corrected chi connectivity index (χ2v) is 5.39. The first kappa shape index (κ1) is 14.9. The van der Waals surface area contributed by atoms with E-state index in [1.807, 2.05) is 38.4 Å². The predicted molar refractivity (Wildman–Crippen MR) is 84.5 cm³/mol. The van der Waals surface area contributed by atoms with Crippen LogP contribution in [-0.4, -0.2) is 46.6 Å². The Kier molecular flexibility index (Phi) is 4.60. The van der Waals surface area contributed by atoms with E-state index >= 15 is 0 Å². The maximum absolute atomic E-state index is 5.91. The Labute approximate surface area is 130 Å². The third-order valence-electron chi connectivity index (χ3n) is 3.71. The molecule has 3 rings (SSSR count). The van der Waals surface area contributed by atoms with Gasteiger partial charge in [0.1, 0.15) is 17.7 Å². The molecule has 0 amide bonds. The molecule has 0 saturated carbocycles. The van der Waals surface area contributed by atoms with Crippen LogP contribution in [0.5, 0.6) is 0 Å². The highest BCUT2D eigenvalue weighted by atomic mass is 16.5. The molecule has 6 heteroatoms. The molecule has 0 aromatic carbocycles. The molecule has 0 radical (unpaired) electrons. The van der Waals surface area contributed by atoms with Crippen LogP contribution in [0.4, 0.5) is 5.82 Å². The molecule has 6 nitrogen and oxygen atoms in total. The fraction of sp³-hybridized carbons (Fsp3) is 0.438. The Balaban J connectivity index is 1.71. The average Bonchev–Trinajstić information content (AvgIpc) is 2.55. The van der Waals surface area contributed by atoms with Crippen molar-refractivity contribution in [3.05, 3.63) is 47.7 Å². The summed E-state index contributed by atoms with van der Waals surface area (Å²) in [5, 5.41) is 3.07. The van der Waals surface area contributed by atoms with E-state index in [9.17, 15) is 0 Å². The molecule has 1 aliphatic rings. The van der Waals surface area contributed by atoms with Crippen LogP contribution >= 0.6 is 0 Å². The standard InChI is InChI=1S/C16H21N5O/c1-12-19-14(9-16(17-2)20-12)15-11-21(7-8-22-15)10-13-5-3-4-6-18-13/h3-6,9,15H,7-8,10-11H2,1-2H3,(H,17,19,20)/t15-/m1/s1. The van der Waals surface area contributed by atoms with Gasteiger partial charge in [0, 0.05) is 38.9 Å². The van der Waals surface area contributed by atoms with Crippen molar-refractivity contribution in [1.29, 1.82) is 0 Å². The van der Waals surface area contributed by atoms with Gasteiger partial charge in [-0.05, 0) is 19.1 Å². The van der Waals surface area contributed by atoms with Crippen LogP contribution in [0.3, 0.4) is 0 Å². The summed E-state index contributed by atoms with van der Waals surface area (Å²) < 4.78 is 5.91. The number of rotatable bonds is 4. The zero-order chi connectivity index (χ0) is 15.4. The Morgan fingerprint density at radius 2 is 2.27 bits per heavy atom. The fourth-order valence-electron chi connectivity index (χ4n) is 2.63. The van der Waals surface area contributed by atoms with Gasteiger partial charge in [0.2, 0.25) is 0 Å². The number of aromatic nitrogens is 3. The van der Waals surface area contributed by atoms with Gasteiger partial charge in [-0.2, -0.15) is 0 Å². The van der Waals surface area contributed by atoms with Crippen LogP contribution < -0.4 is 5.32 Å². The van der Waals surface area contributed by atoms with E-state index in [4.69, 9.17) is 4.74 Å². The van der Waals surface area contributed by atoms with Gasteiger partial charge in [0.15, 0.2) is 0 Å². The zero-order valence-electron chi connectivity index (χ0n) is 13.0. The number of aryl methyl sites for hydroxylation is 1. The molecule has 22 heavy (non-hydrogen) atoms. The molecule has 1 saturated heterocycles. The van der Waals surface area contributed by atoms with E-state index in [2.05, 4.69) is 31.2 Å². The first-order chi connectivity index (χ1) is 10.7. The van der Waals surface area contributed by atoms with Crippen molar-refractivity contribution in [2.45, 2.75) is 19.6 Å². The molecular weight excluding hydrogens is 278 g/mol. The zero-order valence-corrected chi connectivity index (χ0v) is 13.0. The summed E-state index contributed by atoms with van der Waals surface area (Å²) in [7, 11) is 1.86. The molecule has 0 bridgehead atoms. The number of morpholine rings is 1. The van der Waals surface area contributed by atoms with E-state index < -0.39 is 0 Å². The lowest BCUT2D eigenvalue weighted by molar-refractivity contribution is -0.0354. The summed E-state index contributed by atoms with van der Waals surface area (Å²) in [6.07, 6.45) is 1.81. The Bertz CT molecular complexity index is 619. The minimum absolute atomic E-state index is 0.0220.